The van der Waals surface area contributed by atoms with E-state index in [1.165, 1.54) is 22.7 Å². The zero-order chi connectivity index (χ0) is 22.5. The molecule has 1 N–H and O–H groups in total. The van der Waals surface area contributed by atoms with Gasteiger partial charge in [-0.2, -0.15) is 4.31 Å². The molecular weight excluding hydrogens is 408 g/mol. The van der Waals surface area contributed by atoms with E-state index in [4.69, 9.17) is 4.74 Å². The average molecular weight is 447 g/mol. The lowest BCUT2D eigenvalue weighted by atomic mass is 10.0. The third-order valence-corrected chi connectivity index (χ3v) is 7.30. The van der Waals surface area contributed by atoms with Crippen LogP contribution in [0.2, 0.25) is 0 Å². The van der Waals surface area contributed by atoms with E-state index >= 15 is 0 Å². The van der Waals surface area contributed by atoms with Crippen LogP contribution < -0.4 is 5.32 Å². The molecule has 0 saturated heterocycles. The maximum atomic E-state index is 13.1. The maximum absolute atomic E-state index is 13.1. The van der Waals surface area contributed by atoms with Crippen molar-refractivity contribution in [1.82, 2.24) is 9.62 Å². The molecule has 0 unspecified atom stereocenters. The Morgan fingerprint density at radius 1 is 0.839 bits per heavy atom. The molecule has 31 heavy (non-hydrogen) atoms. The van der Waals surface area contributed by atoms with Crippen LogP contribution in [-0.2, 0) is 21.2 Å². The molecule has 0 saturated carbocycles. The van der Waals surface area contributed by atoms with E-state index in [2.05, 4.69) is 43.4 Å². The first kappa shape index (κ1) is 25.5. The topological polar surface area (TPSA) is 58.6 Å². The number of methoxy groups -OCH3 is 1. The van der Waals surface area contributed by atoms with Gasteiger partial charge in [0.05, 0.1) is 11.5 Å². The molecular formula is C25H38N2O3S. The van der Waals surface area contributed by atoms with Gasteiger partial charge in [0.2, 0.25) is 10.0 Å². The molecule has 0 radical (unpaired) electrons. The second kappa shape index (κ2) is 13.6. The highest BCUT2D eigenvalue weighted by molar-refractivity contribution is 7.89. The van der Waals surface area contributed by atoms with Crippen molar-refractivity contribution in [2.75, 3.05) is 39.9 Å². The van der Waals surface area contributed by atoms with Crippen LogP contribution in [-0.4, -0.2) is 52.6 Å². The normalized spacial score (nSPS) is 11.9. The van der Waals surface area contributed by atoms with Crippen LogP contribution in [0.3, 0.4) is 0 Å². The third kappa shape index (κ3) is 8.04. The molecule has 172 valence electrons. The van der Waals surface area contributed by atoms with Gasteiger partial charge in [0.25, 0.3) is 0 Å². The van der Waals surface area contributed by atoms with Crippen molar-refractivity contribution < 1.29 is 13.2 Å². The van der Waals surface area contributed by atoms with Crippen LogP contribution in [0.15, 0.2) is 53.4 Å². The number of nitrogens with zero attached hydrogens (tertiary/aromatic N) is 1. The fourth-order valence-corrected chi connectivity index (χ4v) is 4.83. The Hall–Kier alpha value is -1.73. The SMILES string of the molecule is CCCCNCCc1ccc(-c2ccc(S(=O)(=O)N(CCCC)CCOC)cc2)cc1. The lowest BCUT2D eigenvalue weighted by Crippen LogP contribution is -2.34. The standard InChI is InChI=1S/C25H38N2O3S/c1-4-6-17-26-18-16-22-8-10-23(11-9-22)24-12-14-25(15-13-24)31(28,29)27(19-7-5-2)20-21-30-3/h8-15,26H,4-7,16-21H2,1-3H3. The van der Waals surface area contributed by atoms with Gasteiger partial charge in [-0.1, -0.05) is 63.1 Å². The predicted octanol–water partition coefficient (Wildman–Crippen LogP) is 4.72. The number of benzene rings is 2. The smallest absolute Gasteiger partial charge is 0.243 e. The Bertz CT molecular complexity index is 841. The zero-order valence-electron chi connectivity index (χ0n) is 19.3. The van der Waals surface area contributed by atoms with E-state index in [0.29, 0.717) is 24.6 Å². The van der Waals surface area contributed by atoms with Crippen LogP contribution in [0.1, 0.15) is 45.1 Å². The van der Waals surface area contributed by atoms with Crippen molar-refractivity contribution in [1.29, 1.82) is 0 Å². The Morgan fingerprint density at radius 3 is 2.03 bits per heavy atom. The molecule has 6 heteroatoms. The molecule has 5 nitrogen and oxygen atoms in total. The van der Waals surface area contributed by atoms with Crippen molar-refractivity contribution in [2.45, 2.75) is 50.8 Å². The number of rotatable bonds is 15. The first-order valence-electron chi connectivity index (χ1n) is 11.4. The zero-order valence-corrected chi connectivity index (χ0v) is 20.1. The summed E-state index contributed by atoms with van der Waals surface area (Å²) in [7, 11) is -1.93. The Kier molecular flexibility index (Phi) is 11.2. The highest BCUT2D eigenvalue weighted by atomic mass is 32.2. The molecule has 0 heterocycles. The maximum Gasteiger partial charge on any atom is 0.243 e. The highest BCUT2D eigenvalue weighted by Gasteiger charge is 2.23. The fourth-order valence-electron chi connectivity index (χ4n) is 3.37. The first-order chi connectivity index (χ1) is 15.0. The van der Waals surface area contributed by atoms with Crippen LogP contribution >= 0.6 is 0 Å². The van der Waals surface area contributed by atoms with E-state index in [9.17, 15) is 8.42 Å². The van der Waals surface area contributed by atoms with E-state index in [1.54, 1.807) is 19.2 Å². The van der Waals surface area contributed by atoms with Gasteiger partial charge in [0, 0.05) is 20.2 Å². The molecule has 0 aliphatic rings. The number of unbranched alkanes of at least 4 members (excludes halogenated alkanes) is 2. The summed E-state index contributed by atoms with van der Waals surface area (Å²) in [5.74, 6) is 0. The number of hydrogen-bond acceptors (Lipinski definition) is 4. The second-order valence-electron chi connectivity index (χ2n) is 7.83. The number of ether oxygens (including phenoxy) is 1. The lowest BCUT2D eigenvalue weighted by molar-refractivity contribution is 0.178. The molecule has 0 fully saturated rings. The average Bonchev–Trinajstić information content (AvgIpc) is 2.79. The lowest BCUT2D eigenvalue weighted by Gasteiger charge is -2.22. The molecule has 0 atom stereocenters. The molecule has 2 rings (SSSR count). The van der Waals surface area contributed by atoms with Crippen molar-refractivity contribution >= 4 is 10.0 Å². The summed E-state index contributed by atoms with van der Waals surface area (Å²) in [5.41, 5.74) is 3.41. The summed E-state index contributed by atoms with van der Waals surface area (Å²) in [5, 5.41) is 3.47. The third-order valence-electron chi connectivity index (χ3n) is 5.38. The van der Waals surface area contributed by atoms with Gasteiger partial charge in [-0.05, 0) is 61.2 Å². The van der Waals surface area contributed by atoms with Crippen LogP contribution in [0.5, 0.6) is 0 Å². The van der Waals surface area contributed by atoms with Gasteiger partial charge in [-0.25, -0.2) is 8.42 Å². The Balaban J connectivity index is 2.04. The van der Waals surface area contributed by atoms with Gasteiger partial charge in [0.15, 0.2) is 0 Å². The molecule has 2 aromatic rings. The van der Waals surface area contributed by atoms with E-state index in [-0.39, 0.29) is 0 Å². The van der Waals surface area contributed by atoms with Crippen molar-refractivity contribution in [3.05, 3.63) is 54.1 Å². The summed E-state index contributed by atoms with van der Waals surface area (Å²) >= 11 is 0. The second-order valence-corrected chi connectivity index (χ2v) is 9.76. The van der Waals surface area contributed by atoms with E-state index in [0.717, 1.165) is 43.5 Å². The van der Waals surface area contributed by atoms with Crippen molar-refractivity contribution in [3.63, 3.8) is 0 Å². The van der Waals surface area contributed by atoms with Gasteiger partial charge >= 0.3 is 0 Å². The minimum Gasteiger partial charge on any atom is -0.383 e. The summed E-state index contributed by atoms with van der Waals surface area (Å²) in [6.07, 6.45) is 5.22. The quantitative estimate of drug-likeness (QED) is 0.402. The minimum atomic E-state index is -3.52. The van der Waals surface area contributed by atoms with Gasteiger partial charge in [-0.15, -0.1) is 0 Å². The molecule has 0 bridgehead atoms. The number of hydrogen-bond donors (Lipinski definition) is 1. The summed E-state index contributed by atoms with van der Waals surface area (Å²) in [6, 6.07) is 15.7. The molecule has 2 aromatic carbocycles. The van der Waals surface area contributed by atoms with Gasteiger partial charge < -0.3 is 10.1 Å². The number of nitrogens with one attached hydrogen (secondary N) is 1. The fraction of sp³-hybridized carbons (Fsp3) is 0.520. The molecule has 0 aliphatic heterocycles. The van der Waals surface area contributed by atoms with E-state index < -0.39 is 10.0 Å². The summed E-state index contributed by atoms with van der Waals surface area (Å²) in [4.78, 5) is 0.332. The van der Waals surface area contributed by atoms with Crippen LogP contribution in [0, 0.1) is 0 Å². The summed E-state index contributed by atoms with van der Waals surface area (Å²) < 4.78 is 32.8. The largest absolute Gasteiger partial charge is 0.383 e. The Morgan fingerprint density at radius 2 is 1.45 bits per heavy atom. The first-order valence-corrected chi connectivity index (χ1v) is 12.9. The molecule has 0 aromatic heterocycles. The number of sulfonamides is 1. The monoisotopic (exact) mass is 446 g/mol. The van der Waals surface area contributed by atoms with E-state index in [1.807, 2.05) is 12.1 Å². The van der Waals surface area contributed by atoms with Crippen LogP contribution in [0.4, 0.5) is 0 Å². The van der Waals surface area contributed by atoms with Gasteiger partial charge in [0.1, 0.15) is 0 Å². The molecule has 0 spiro atoms. The van der Waals surface area contributed by atoms with Crippen molar-refractivity contribution in [3.8, 4) is 11.1 Å². The van der Waals surface area contributed by atoms with Crippen LogP contribution in [0.25, 0.3) is 11.1 Å². The Labute approximate surface area is 188 Å². The highest BCUT2D eigenvalue weighted by Crippen LogP contribution is 2.24. The summed E-state index contributed by atoms with van der Waals surface area (Å²) in [6.45, 7) is 7.60. The predicted molar refractivity (Wildman–Crippen MR) is 129 cm³/mol. The molecule has 0 amide bonds. The van der Waals surface area contributed by atoms with Gasteiger partial charge in [-0.3, -0.25) is 0 Å². The van der Waals surface area contributed by atoms with Crippen molar-refractivity contribution in [2.24, 2.45) is 0 Å². The minimum absolute atomic E-state index is 0.332. The molecule has 0 aliphatic carbocycles.